The fourth-order valence-corrected chi connectivity index (χ4v) is 4.16. The molecule has 4 unspecified atom stereocenters. The minimum absolute atomic E-state index is 0.0386. The van der Waals surface area contributed by atoms with Crippen molar-refractivity contribution in [3.63, 3.8) is 0 Å². The van der Waals surface area contributed by atoms with Crippen LogP contribution in [0, 0.1) is 0 Å². The summed E-state index contributed by atoms with van der Waals surface area (Å²) in [7, 11) is 0. The molecule has 0 saturated heterocycles. The molecule has 43 heavy (non-hydrogen) atoms. The van der Waals surface area contributed by atoms with Crippen LogP contribution < -0.4 is 44.6 Å². The number of nitrogens with two attached hydrogens (primary N) is 5. The van der Waals surface area contributed by atoms with Crippen molar-refractivity contribution in [3.05, 3.63) is 36.0 Å². The molecule has 1 heterocycles. The van der Waals surface area contributed by atoms with Gasteiger partial charge in [0, 0.05) is 36.5 Å². The van der Waals surface area contributed by atoms with E-state index in [1.54, 1.807) is 12.3 Å². The maximum absolute atomic E-state index is 13.3. The average molecular weight is 603 g/mol. The van der Waals surface area contributed by atoms with E-state index in [9.17, 15) is 33.9 Å². The predicted octanol–water partition coefficient (Wildman–Crippen LogP) is -3.23. The number of primary amides is 2. The molecule has 0 spiro atoms. The lowest BCUT2D eigenvalue weighted by Crippen LogP contribution is -2.58. The third-order valence-electron chi connectivity index (χ3n) is 6.37. The van der Waals surface area contributed by atoms with Crippen LogP contribution in [0.2, 0.25) is 0 Å². The first-order valence-electron chi connectivity index (χ1n) is 13.3. The lowest BCUT2D eigenvalue weighted by atomic mass is 10.0. The summed E-state index contributed by atoms with van der Waals surface area (Å²) in [5.41, 5.74) is 28.2. The molecule has 0 aliphatic heterocycles. The zero-order chi connectivity index (χ0) is 32.1. The Morgan fingerprint density at radius 2 is 1.47 bits per heavy atom. The van der Waals surface area contributed by atoms with E-state index in [0.717, 1.165) is 10.9 Å². The van der Waals surface area contributed by atoms with Gasteiger partial charge in [0.1, 0.15) is 18.1 Å². The highest BCUT2D eigenvalue weighted by atomic mass is 16.4. The number of fused-ring (bicyclic) bond motifs is 1. The minimum Gasteiger partial charge on any atom is -0.480 e. The Balaban J connectivity index is 2.22. The van der Waals surface area contributed by atoms with E-state index >= 15 is 0 Å². The number of hydrogen-bond donors (Lipinski definition) is 10. The van der Waals surface area contributed by atoms with Gasteiger partial charge in [0.2, 0.25) is 29.5 Å². The predicted molar refractivity (Wildman–Crippen MR) is 156 cm³/mol. The van der Waals surface area contributed by atoms with E-state index in [-0.39, 0.29) is 44.6 Å². The van der Waals surface area contributed by atoms with E-state index in [1.807, 2.05) is 18.2 Å². The first kappa shape index (κ1) is 34.0. The van der Waals surface area contributed by atoms with Crippen LogP contribution in [0.25, 0.3) is 10.9 Å². The van der Waals surface area contributed by atoms with Gasteiger partial charge < -0.3 is 54.7 Å². The highest BCUT2D eigenvalue weighted by Crippen LogP contribution is 2.19. The van der Waals surface area contributed by atoms with Crippen LogP contribution in [0.5, 0.6) is 0 Å². The van der Waals surface area contributed by atoms with E-state index in [0.29, 0.717) is 5.56 Å². The number of H-pyrrole nitrogens is 1. The van der Waals surface area contributed by atoms with Crippen molar-refractivity contribution in [2.24, 2.45) is 33.7 Å². The van der Waals surface area contributed by atoms with Gasteiger partial charge in [0.25, 0.3) is 0 Å². The molecule has 0 bridgehead atoms. The van der Waals surface area contributed by atoms with Crippen molar-refractivity contribution in [2.45, 2.75) is 62.7 Å². The summed E-state index contributed by atoms with van der Waals surface area (Å²) < 4.78 is 0. The quantitative estimate of drug-likeness (QED) is 0.0462. The fourth-order valence-electron chi connectivity index (χ4n) is 4.16. The molecule has 0 radical (unpaired) electrons. The van der Waals surface area contributed by atoms with Gasteiger partial charge in [-0.15, -0.1) is 0 Å². The van der Waals surface area contributed by atoms with Gasteiger partial charge in [-0.2, -0.15) is 0 Å². The lowest BCUT2D eigenvalue weighted by molar-refractivity contribution is -0.142. The molecule has 5 amide bonds. The van der Waals surface area contributed by atoms with E-state index in [1.165, 1.54) is 0 Å². The fraction of sp³-hybridized carbons (Fsp3) is 0.423. The van der Waals surface area contributed by atoms with Gasteiger partial charge in [0.05, 0.1) is 12.5 Å². The van der Waals surface area contributed by atoms with Gasteiger partial charge >= 0.3 is 5.97 Å². The second kappa shape index (κ2) is 16.3. The first-order valence-corrected chi connectivity index (χ1v) is 13.3. The number of rotatable bonds is 18. The standard InChI is InChI=1S/C26H38N10O7/c27-15(7-8-20(28)37)22(39)35-18(11-21(29)38)24(41)34-17(6-3-9-32-26(30)31)23(40)36-19(25(42)43)10-13-12-33-16-5-2-1-4-14(13)16/h1-2,4-5,12,15,17-19,33H,3,6-11,27H2,(H2,28,37)(H2,29,38)(H,34,41)(H,35,39)(H,36,40)(H,42,43)(H4,30,31,32). The number of benzene rings is 1. The van der Waals surface area contributed by atoms with Crippen LogP contribution in [0.3, 0.4) is 0 Å². The van der Waals surface area contributed by atoms with Gasteiger partial charge in [-0.25, -0.2) is 4.79 Å². The topological polar surface area (TPSA) is 317 Å². The smallest absolute Gasteiger partial charge is 0.326 e. The maximum atomic E-state index is 13.3. The molecule has 15 N–H and O–H groups in total. The van der Waals surface area contributed by atoms with Crippen LogP contribution in [0.15, 0.2) is 35.5 Å². The van der Waals surface area contributed by atoms with Gasteiger partial charge in [0.15, 0.2) is 5.96 Å². The highest BCUT2D eigenvalue weighted by Gasteiger charge is 2.31. The molecular weight excluding hydrogens is 564 g/mol. The Kier molecular flexibility index (Phi) is 12.9. The van der Waals surface area contributed by atoms with E-state index < -0.39 is 66.1 Å². The zero-order valence-electron chi connectivity index (χ0n) is 23.4. The number of para-hydroxylation sites is 1. The molecule has 1 aromatic heterocycles. The number of carbonyl (C=O) groups is 6. The molecule has 0 aliphatic rings. The average Bonchev–Trinajstić information content (AvgIpc) is 3.34. The van der Waals surface area contributed by atoms with Crippen LogP contribution in [-0.2, 0) is 35.2 Å². The van der Waals surface area contributed by atoms with E-state index in [4.69, 9.17) is 28.7 Å². The largest absolute Gasteiger partial charge is 0.480 e. The summed E-state index contributed by atoms with van der Waals surface area (Å²) in [5.74, 6) is -5.79. The molecule has 1 aromatic carbocycles. The molecule has 234 valence electrons. The Hall–Kier alpha value is -5.19. The molecule has 2 rings (SSSR count). The molecule has 17 heteroatoms. The molecular formula is C26H38N10O7. The molecule has 0 saturated carbocycles. The Morgan fingerprint density at radius 3 is 2.09 bits per heavy atom. The van der Waals surface area contributed by atoms with Gasteiger partial charge in [-0.3, -0.25) is 29.0 Å². The highest BCUT2D eigenvalue weighted by molar-refractivity contribution is 5.96. The SMILES string of the molecule is NC(=O)CCC(N)C(=O)NC(CC(N)=O)C(=O)NC(CCCN=C(N)N)C(=O)NC(Cc1c[nH]c2ccccc12)C(=O)O. The third kappa shape index (κ3) is 11.3. The maximum Gasteiger partial charge on any atom is 0.326 e. The number of aliphatic carboxylic acids is 1. The van der Waals surface area contributed by atoms with Crippen LogP contribution in [0.1, 0.15) is 37.7 Å². The summed E-state index contributed by atoms with van der Waals surface area (Å²) in [5, 5.41) is 17.8. The van der Waals surface area contributed by atoms with Crippen LogP contribution in [-0.4, -0.2) is 82.3 Å². The van der Waals surface area contributed by atoms with Crippen LogP contribution >= 0.6 is 0 Å². The third-order valence-corrected chi connectivity index (χ3v) is 6.37. The van der Waals surface area contributed by atoms with E-state index in [2.05, 4.69) is 25.9 Å². The molecule has 2 aromatic rings. The number of guanidine groups is 1. The molecule has 0 aliphatic carbocycles. The number of aromatic amines is 1. The van der Waals surface area contributed by atoms with Gasteiger partial charge in [-0.05, 0) is 30.9 Å². The van der Waals surface area contributed by atoms with Crippen molar-refractivity contribution in [1.82, 2.24) is 20.9 Å². The normalized spacial score (nSPS) is 13.6. The van der Waals surface area contributed by atoms with Crippen molar-refractivity contribution in [2.75, 3.05) is 6.54 Å². The second-order valence-electron chi connectivity index (χ2n) is 9.82. The van der Waals surface area contributed by atoms with Crippen molar-refractivity contribution < 1.29 is 33.9 Å². The number of aliphatic imine (C=N–C) groups is 1. The Labute approximate surface area is 246 Å². The number of aromatic nitrogens is 1. The summed E-state index contributed by atoms with van der Waals surface area (Å²) in [6.07, 6.45) is 0.790. The summed E-state index contributed by atoms with van der Waals surface area (Å²) in [6, 6.07) is 1.80. The zero-order valence-corrected chi connectivity index (χ0v) is 23.4. The van der Waals surface area contributed by atoms with Crippen molar-refractivity contribution in [3.8, 4) is 0 Å². The summed E-state index contributed by atoms with van der Waals surface area (Å²) in [4.78, 5) is 80.6. The Bertz CT molecular complexity index is 1350. The monoisotopic (exact) mass is 602 g/mol. The first-order chi connectivity index (χ1) is 20.3. The van der Waals surface area contributed by atoms with Gasteiger partial charge in [-0.1, -0.05) is 18.2 Å². The van der Waals surface area contributed by atoms with Crippen LogP contribution in [0.4, 0.5) is 0 Å². The number of carbonyl (C=O) groups excluding carboxylic acids is 5. The Morgan fingerprint density at radius 1 is 0.837 bits per heavy atom. The molecule has 17 nitrogen and oxygen atoms in total. The number of carboxylic acids is 1. The van der Waals surface area contributed by atoms with Crippen molar-refractivity contribution >= 4 is 52.4 Å². The molecule has 0 fully saturated rings. The number of carboxylic acid groups (broad SMARTS) is 1. The molecule has 4 atom stereocenters. The summed E-state index contributed by atoms with van der Waals surface area (Å²) in [6.45, 7) is 0.0931. The number of hydrogen-bond acceptors (Lipinski definition) is 8. The minimum atomic E-state index is -1.53. The number of nitrogens with zero attached hydrogens (tertiary/aromatic N) is 1. The number of amides is 5. The summed E-state index contributed by atoms with van der Waals surface area (Å²) >= 11 is 0. The van der Waals surface area contributed by atoms with Crippen molar-refractivity contribution in [1.29, 1.82) is 0 Å². The number of nitrogens with one attached hydrogen (secondary N) is 4. The lowest BCUT2D eigenvalue weighted by Gasteiger charge is -2.25. The second-order valence-corrected chi connectivity index (χ2v) is 9.82.